The molecule has 0 spiro atoms. The number of hydrogen-bond donors (Lipinski definition) is 2. The molecule has 0 aliphatic rings. The molecule has 1 atom stereocenters. The van der Waals surface area contributed by atoms with E-state index in [0.29, 0.717) is 13.2 Å². The van der Waals surface area contributed by atoms with Crippen LogP contribution >= 0.6 is 0 Å². The fourth-order valence-corrected chi connectivity index (χ4v) is 1.31. The van der Waals surface area contributed by atoms with Gasteiger partial charge in [-0.15, -0.1) is 0 Å². The Balaban J connectivity index is 2.50. The summed E-state index contributed by atoms with van der Waals surface area (Å²) >= 11 is 0. The number of hydrogen-bond acceptors (Lipinski definition) is 4. The van der Waals surface area contributed by atoms with Crippen molar-refractivity contribution in [1.29, 1.82) is 0 Å². The Morgan fingerprint density at radius 2 is 2.33 bits per heavy atom. The monoisotopic (exact) mass is 213 g/mol. The van der Waals surface area contributed by atoms with Gasteiger partial charge in [-0.05, 0) is 13.8 Å². The van der Waals surface area contributed by atoms with Crippen molar-refractivity contribution in [3.63, 3.8) is 0 Å². The second kappa shape index (κ2) is 5.85. The molecule has 0 radical (unpaired) electrons. The van der Waals surface area contributed by atoms with Gasteiger partial charge in [-0.2, -0.15) is 0 Å². The minimum absolute atomic E-state index is 0.0727. The molecule has 0 aliphatic heterocycles. The van der Waals surface area contributed by atoms with Gasteiger partial charge in [-0.1, -0.05) is 0 Å². The highest BCUT2D eigenvalue weighted by atomic mass is 16.5. The summed E-state index contributed by atoms with van der Waals surface area (Å²) in [5.41, 5.74) is 6.56. The molecule has 0 saturated carbocycles. The molecule has 0 aromatic carbocycles. The van der Waals surface area contributed by atoms with Crippen LogP contribution in [0.15, 0.2) is 12.5 Å². The molecule has 1 aromatic rings. The molecule has 0 amide bonds. The molecule has 1 rings (SSSR count). The van der Waals surface area contributed by atoms with Crippen LogP contribution in [-0.4, -0.2) is 34.0 Å². The van der Waals surface area contributed by atoms with Crippen molar-refractivity contribution in [3.05, 3.63) is 18.2 Å². The zero-order valence-corrected chi connectivity index (χ0v) is 9.26. The Morgan fingerprint density at radius 1 is 1.60 bits per heavy atom. The molecular weight excluding hydrogens is 194 g/mol. The summed E-state index contributed by atoms with van der Waals surface area (Å²) in [4.78, 5) is 4.01. The zero-order valence-electron chi connectivity index (χ0n) is 9.26. The van der Waals surface area contributed by atoms with E-state index in [4.69, 9.17) is 15.6 Å². The van der Waals surface area contributed by atoms with E-state index in [1.54, 1.807) is 12.5 Å². The Bertz CT molecular complexity index is 286. The lowest BCUT2D eigenvalue weighted by Crippen LogP contribution is -2.20. The standard InChI is InChI=1S/C10H19N3O2/c1-8(2)15-4-3-13-7-12-5-10(13)9(11)6-14/h5,7-9,14H,3-4,6,11H2,1-2H3. The lowest BCUT2D eigenvalue weighted by Gasteiger charge is -2.13. The van der Waals surface area contributed by atoms with Crippen LogP contribution in [0.1, 0.15) is 25.6 Å². The van der Waals surface area contributed by atoms with E-state index in [0.717, 1.165) is 5.69 Å². The van der Waals surface area contributed by atoms with Crippen molar-refractivity contribution in [2.45, 2.75) is 32.5 Å². The number of aromatic nitrogens is 2. The zero-order chi connectivity index (χ0) is 11.3. The van der Waals surface area contributed by atoms with Crippen LogP contribution < -0.4 is 5.73 Å². The topological polar surface area (TPSA) is 73.3 Å². The molecule has 0 fully saturated rings. The fourth-order valence-electron chi connectivity index (χ4n) is 1.31. The third kappa shape index (κ3) is 3.62. The van der Waals surface area contributed by atoms with Crippen molar-refractivity contribution in [1.82, 2.24) is 9.55 Å². The maximum atomic E-state index is 8.95. The molecule has 1 aromatic heterocycles. The van der Waals surface area contributed by atoms with Gasteiger partial charge in [0.2, 0.25) is 0 Å². The number of aliphatic hydroxyl groups excluding tert-OH is 1. The Kier molecular flexibility index (Phi) is 4.74. The summed E-state index contributed by atoms with van der Waals surface area (Å²) in [7, 11) is 0. The summed E-state index contributed by atoms with van der Waals surface area (Å²) in [5, 5.41) is 8.95. The second-order valence-electron chi connectivity index (χ2n) is 3.72. The van der Waals surface area contributed by atoms with Crippen LogP contribution in [0.4, 0.5) is 0 Å². The lowest BCUT2D eigenvalue weighted by molar-refractivity contribution is 0.0720. The minimum atomic E-state index is -0.369. The molecule has 0 aliphatic carbocycles. The van der Waals surface area contributed by atoms with Crippen LogP contribution in [0, 0.1) is 0 Å². The summed E-state index contributed by atoms with van der Waals surface area (Å²) < 4.78 is 7.34. The first-order chi connectivity index (χ1) is 7.15. The van der Waals surface area contributed by atoms with Gasteiger partial charge in [0.05, 0.1) is 37.4 Å². The molecular formula is C10H19N3O2. The van der Waals surface area contributed by atoms with E-state index in [1.807, 2.05) is 18.4 Å². The number of aliphatic hydroxyl groups is 1. The van der Waals surface area contributed by atoms with E-state index in [1.165, 1.54) is 0 Å². The maximum Gasteiger partial charge on any atom is 0.0949 e. The van der Waals surface area contributed by atoms with Crippen molar-refractivity contribution in [2.24, 2.45) is 5.73 Å². The van der Waals surface area contributed by atoms with Crippen molar-refractivity contribution >= 4 is 0 Å². The lowest BCUT2D eigenvalue weighted by atomic mass is 10.2. The third-order valence-electron chi connectivity index (χ3n) is 2.10. The Morgan fingerprint density at radius 3 is 2.93 bits per heavy atom. The molecule has 1 heterocycles. The van der Waals surface area contributed by atoms with Crippen molar-refractivity contribution in [3.8, 4) is 0 Å². The summed E-state index contributed by atoms with van der Waals surface area (Å²) in [6, 6.07) is -0.369. The number of rotatable bonds is 6. The molecule has 5 heteroatoms. The summed E-state index contributed by atoms with van der Waals surface area (Å²) in [6.45, 7) is 5.25. The smallest absolute Gasteiger partial charge is 0.0949 e. The fraction of sp³-hybridized carbons (Fsp3) is 0.700. The maximum absolute atomic E-state index is 8.95. The average Bonchev–Trinajstić information content (AvgIpc) is 2.64. The molecule has 5 nitrogen and oxygen atoms in total. The second-order valence-corrected chi connectivity index (χ2v) is 3.72. The normalized spacial score (nSPS) is 13.4. The molecule has 0 bridgehead atoms. The van der Waals surface area contributed by atoms with Gasteiger partial charge in [0.1, 0.15) is 0 Å². The van der Waals surface area contributed by atoms with Gasteiger partial charge >= 0.3 is 0 Å². The Hall–Kier alpha value is -0.910. The molecule has 1 unspecified atom stereocenters. The van der Waals surface area contributed by atoms with Crippen LogP contribution in [0.3, 0.4) is 0 Å². The molecule has 0 saturated heterocycles. The predicted molar refractivity (Wildman–Crippen MR) is 57.3 cm³/mol. The summed E-state index contributed by atoms with van der Waals surface area (Å²) in [5.74, 6) is 0. The van der Waals surface area contributed by atoms with E-state index in [2.05, 4.69) is 4.98 Å². The largest absolute Gasteiger partial charge is 0.394 e. The molecule has 86 valence electrons. The number of imidazole rings is 1. The van der Waals surface area contributed by atoms with E-state index in [-0.39, 0.29) is 18.8 Å². The van der Waals surface area contributed by atoms with Crippen LogP contribution in [0.2, 0.25) is 0 Å². The number of nitrogens with zero attached hydrogens (tertiary/aromatic N) is 2. The highest BCUT2D eigenvalue weighted by Crippen LogP contribution is 2.08. The first-order valence-corrected chi connectivity index (χ1v) is 5.13. The van der Waals surface area contributed by atoms with E-state index in [9.17, 15) is 0 Å². The number of nitrogens with two attached hydrogens (primary N) is 1. The molecule has 3 N–H and O–H groups in total. The predicted octanol–water partition coefficient (Wildman–Crippen LogP) is 0.300. The van der Waals surface area contributed by atoms with E-state index >= 15 is 0 Å². The van der Waals surface area contributed by atoms with Crippen molar-refractivity contribution < 1.29 is 9.84 Å². The average molecular weight is 213 g/mol. The first kappa shape index (κ1) is 12.2. The van der Waals surface area contributed by atoms with Crippen LogP contribution in [-0.2, 0) is 11.3 Å². The van der Waals surface area contributed by atoms with Crippen LogP contribution in [0.25, 0.3) is 0 Å². The quantitative estimate of drug-likeness (QED) is 0.713. The Labute approximate surface area is 89.9 Å². The van der Waals surface area contributed by atoms with Gasteiger partial charge in [0.15, 0.2) is 0 Å². The van der Waals surface area contributed by atoms with Gasteiger partial charge in [-0.25, -0.2) is 4.98 Å². The van der Waals surface area contributed by atoms with Gasteiger partial charge in [-0.3, -0.25) is 0 Å². The summed E-state index contributed by atoms with van der Waals surface area (Å²) in [6.07, 6.45) is 3.61. The SMILES string of the molecule is CC(C)OCCn1cncc1C(N)CO. The third-order valence-corrected chi connectivity index (χ3v) is 2.10. The van der Waals surface area contributed by atoms with Gasteiger partial charge in [0, 0.05) is 12.7 Å². The van der Waals surface area contributed by atoms with Crippen LogP contribution in [0.5, 0.6) is 0 Å². The minimum Gasteiger partial charge on any atom is -0.394 e. The number of ether oxygens (including phenoxy) is 1. The van der Waals surface area contributed by atoms with Crippen molar-refractivity contribution in [2.75, 3.05) is 13.2 Å². The highest BCUT2D eigenvalue weighted by Gasteiger charge is 2.09. The van der Waals surface area contributed by atoms with E-state index < -0.39 is 0 Å². The molecule has 15 heavy (non-hydrogen) atoms. The van der Waals surface area contributed by atoms with Gasteiger partial charge < -0.3 is 20.1 Å². The highest BCUT2D eigenvalue weighted by molar-refractivity contribution is 5.04. The van der Waals surface area contributed by atoms with Gasteiger partial charge in [0.25, 0.3) is 0 Å². The first-order valence-electron chi connectivity index (χ1n) is 5.13.